The summed E-state index contributed by atoms with van der Waals surface area (Å²) in [6, 6.07) is 0. The van der Waals surface area contributed by atoms with Gasteiger partial charge < -0.3 is 48.8 Å². The van der Waals surface area contributed by atoms with E-state index in [1.54, 1.807) is 0 Å². The van der Waals surface area contributed by atoms with Crippen LogP contribution in [0.3, 0.4) is 0 Å². The fourth-order valence-corrected chi connectivity index (χ4v) is 7.18. The Hall–Kier alpha value is -3.70. The minimum absolute atomic E-state index is 0.242. The summed E-state index contributed by atoms with van der Waals surface area (Å²) in [5, 5.41) is 0. The van der Waals surface area contributed by atoms with E-state index in [9.17, 15) is 28.5 Å². The number of H-pyrrole nitrogens is 2. The van der Waals surface area contributed by atoms with Gasteiger partial charge in [-0.25, -0.2) is 18.7 Å². The van der Waals surface area contributed by atoms with Crippen LogP contribution < -0.4 is 32.4 Å². The third-order valence-electron chi connectivity index (χ3n) is 7.28. The Morgan fingerprint density at radius 3 is 1.57 bits per heavy atom. The lowest BCUT2D eigenvalue weighted by Gasteiger charge is -2.34. The van der Waals surface area contributed by atoms with E-state index in [0.717, 1.165) is 21.8 Å². The minimum Gasteiger partial charge on any atom is -0.756 e. The zero-order valence-electron chi connectivity index (χ0n) is 22.6. The number of halogens is 2. The number of ether oxygens (including phenoxy) is 2. The van der Waals surface area contributed by atoms with E-state index in [2.05, 4.69) is 29.9 Å². The summed E-state index contributed by atoms with van der Waals surface area (Å²) in [5.41, 5.74) is 8.61. The summed E-state index contributed by atoms with van der Waals surface area (Å²) in [6.07, 6.45) is -14.0. The van der Waals surface area contributed by atoms with Crippen LogP contribution in [0.25, 0.3) is 22.3 Å². The quantitative estimate of drug-likeness (QED) is 0.160. The van der Waals surface area contributed by atoms with E-state index in [0.29, 0.717) is 0 Å². The van der Waals surface area contributed by atoms with Gasteiger partial charge in [0.05, 0.1) is 25.9 Å². The molecule has 3 aliphatic rings. The number of phosphoric acid groups is 2. The fraction of sp³-hybridized carbons (Fsp3) is 0.500. The summed E-state index contributed by atoms with van der Waals surface area (Å²) < 4.78 is 90.0. The average Bonchev–Trinajstić information content (AvgIpc) is 3.72. The molecule has 0 amide bonds. The SMILES string of the molecule is Nc1nc2c(ncn2[C@@H]2O[C@@H]3COP(=O)([O-])O[C@@H]4[C@H](F)[C@@H](n5cnc6c(=O)[nH]c(N)nc65)O[C@H]4COP(=O)([O-])O[C@H]3[C@H]2F)c(=O)[nH]1. The van der Waals surface area contributed by atoms with Crippen molar-refractivity contribution in [1.29, 1.82) is 0 Å². The molecule has 0 saturated carbocycles. The number of hydrogen-bond acceptors (Lipinski definition) is 18. The molecule has 3 fully saturated rings. The number of aromatic amines is 2. The first-order valence-electron chi connectivity index (χ1n) is 13.0. The van der Waals surface area contributed by atoms with Gasteiger partial charge in [0.15, 0.2) is 47.1 Å². The van der Waals surface area contributed by atoms with Gasteiger partial charge in [0, 0.05) is 0 Å². The highest BCUT2D eigenvalue weighted by Crippen LogP contribution is 2.51. The van der Waals surface area contributed by atoms with Crippen molar-refractivity contribution in [3.8, 4) is 0 Å². The molecule has 3 aliphatic heterocycles. The predicted molar refractivity (Wildman–Crippen MR) is 140 cm³/mol. The number of phosphoric ester groups is 2. The molecule has 0 spiro atoms. The molecule has 7 heterocycles. The van der Waals surface area contributed by atoms with Crippen molar-refractivity contribution in [2.24, 2.45) is 0 Å². The second kappa shape index (κ2) is 10.9. The van der Waals surface area contributed by atoms with Crippen LogP contribution in [0, 0.1) is 0 Å². The third-order valence-corrected chi connectivity index (χ3v) is 9.21. The van der Waals surface area contributed by atoms with Crippen LogP contribution in [0.15, 0.2) is 22.2 Å². The van der Waals surface area contributed by atoms with Gasteiger partial charge in [-0.2, -0.15) is 9.97 Å². The Morgan fingerprint density at radius 1 is 0.783 bits per heavy atom. The molecule has 0 bridgehead atoms. The number of nitrogens with zero attached hydrogens (tertiary/aromatic N) is 6. The Morgan fingerprint density at radius 2 is 1.17 bits per heavy atom. The summed E-state index contributed by atoms with van der Waals surface area (Å²) in [5.74, 6) is -0.700. The van der Waals surface area contributed by atoms with E-state index in [1.807, 2.05) is 0 Å². The first-order valence-corrected chi connectivity index (χ1v) is 15.9. The molecule has 0 radical (unpaired) electrons. The first kappa shape index (κ1) is 30.9. The topological polar surface area (TPSA) is 315 Å². The highest BCUT2D eigenvalue weighted by Gasteiger charge is 2.53. The number of anilines is 2. The standard InChI is InChI=1S/C20H22F2N10O12P2/c21-7-11-5(41-17(7)31-3-25-9-13(31)27-19(23)29-15(9)33)1-39-45(35,36)44-12-6(2-40-46(37,38)43-11)42-18(8(12)22)32-4-26-10-14(32)28-20(24)30-16(10)34/h3-8,11-12,17-18H,1-2H2,(H,35,36)(H,37,38)(H3,23,27,29,33)(H3,24,28,30,34)/p-2/t5-,6+,7-,8+,11-,12+,17-,18+. The highest BCUT2D eigenvalue weighted by atomic mass is 31.2. The maximum atomic E-state index is 15.8. The van der Waals surface area contributed by atoms with E-state index < -0.39 is 89.2 Å². The van der Waals surface area contributed by atoms with Crippen LogP contribution >= 0.6 is 15.6 Å². The predicted octanol–water partition coefficient (Wildman–Crippen LogP) is -2.36. The number of imidazole rings is 2. The number of fused-ring (bicyclic) bond motifs is 4. The molecule has 6 N–H and O–H groups in total. The summed E-state index contributed by atoms with van der Waals surface area (Å²) in [6.45, 7) is -2.16. The molecular weight excluding hydrogens is 672 g/mol. The van der Waals surface area contributed by atoms with E-state index in [-0.39, 0.29) is 34.2 Å². The summed E-state index contributed by atoms with van der Waals surface area (Å²) >= 11 is 0. The number of nitrogens with one attached hydrogen (secondary N) is 2. The number of nitrogen functional groups attached to an aromatic ring is 2. The van der Waals surface area contributed by atoms with Gasteiger partial charge in [-0.1, -0.05) is 0 Å². The lowest BCUT2D eigenvalue weighted by Crippen LogP contribution is -2.39. The molecule has 26 heteroatoms. The molecule has 22 nitrogen and oxygen atoms in total. The Balaban J connectivity index is 1.18. The number of aromatic nitrogens is 8. The lowest BCUT2D eigenvalue weighted by molar-refractivity contribution is -0.244. The van der Waals surface area contributed by atoms with Crippen molar-refractivity contribution in [3.05, 3.63) is 33.4 Å². The summed E-state index contributed by atoms with van der Waals surface area (Å²) in [4.78, 5) is 69.9. The number of nitrogens with two attached hydrogens (primary N) is 2. The zero-order chi connectivity index (χ0) is 32.7. The van der Waals surface area contributed by atoms with Crippen molar-refractivity contribution >= 4 is 49.9 Å². The summed E-state index contributed by atoms with van der Waals surface area (Å²) in [7, 11) is -11.0. The van der Waals surface area contributed by atoms with Crippen molar-refractivity contribution in [3.63, 3.8) is 0 Å². The molecule has 4 aromatic heterocycles. The number of rotatable bonds is 2. The minimum atomic E-state index is -5.49. The smallest absolute Gasteiger partial charge is 0.280 e. The molecular formula is C20H20F2N10O12P2-2. The van der Waals surface area contributed by atoms with Gasteiger partial charge in [-0.3, -0.25) is 37.8 Å². The van der Waals surface area contributed by atoms with Gasteiger partial charge in [-0.05, 0) is 0 Å². The maximum Gasteiger partial charge on any atom is 0.280 e. The fourth-order valence-electron chi connectivity index (χ4n) is 5.30. The van der Waals surface area contributed by atoms with Gasteiger partial charge >= 0.3 is 0 Å². The van der Waals surface area contributed by atoms with Crippen molar-refractivity contribution in [1.82, 2.24) is 39.0 Å². The normalized spacial score (nSPS) is 37.1. The second-order valence-corrected chi connectivity index (χ2v) is 12.9. The molecule has 0 aliphatic carbocycles. The molecule has 10 atom stereocenters. The van der Waals surface area contributed by atoms with Crippen LogP contribution in [0.1, 0.15) is 12.5 Å². The number of hydrogen-bond donors (Lipinski definition) is 4. The average molecular weight is 692 g/mol. The first-order chi connectivity index (χ1) is 21.7. The van der Waals surface area contributed by atoms with Crippen molar-refractivity contribution < 1.29 is 55.3 Å². The largest absolute Gasteiger partial charge is 0.756 e. The maximum absolute atomic E-state index is 15.8. The van der Waals surface area contributed by atoms with Crippen LogP contribution in [0.2, 0.25) is 0 Å². The monoisotopic (exact) mass is 692 g/mol. The van der Waals surface area contributed by atoms with Crippen molar-refractivity contribution in [2.45, 2.75) is 49.2 Å². The van der Waals surface area contributed by atoms with Gasteiger partial charge in [0.2, 0.25) is 11.9 Å². The van der Waals surface area contributed by atoms with Crippen LogP contribution in [-0.2, 0) is 36.7 Å². The highest BCUT2D eigenvalue weighted by molar-refractivity contribution is 7.46. The lowest BCUT2D eigenvalue weighted by atomic mass is 10.1. The molecule has 46 heavy (non-hydrogen) atoms. The van der Waals surface area contributed by atoms with E-state index >= 15 is 8.78 Å². The molecule has 2 unspecified atom stereocenters. The molecule has 248 valence electrons. The van der Waals surface area contributed by atoms with Gasteiger partial charge in [0.1, 0.15) is 24.4 Å². The van der Waals surface area contributed by atoms with E-state index in [1.165, 1.54) is 0 Å². The van der Waals surface area contributed by atoms with Crippen molar-refractivity contribution in [2.75, 3.05) is 24.7 Å². The van der Waals surface area contributed by atoms with Crippen LogP contribution in [0.4, 0.5) is 20.7 Å². The Kier molecular flexibility index (Phi) is 7.36. The Labute approximate surface area is 251 Å². The number of alkyl halides is 2. The van der Waals surface area contributed by atoms with Crippen LogP contribution in [0.5, 0.6) is 0 Å². The van der Waals surface area contributed by atoms with E-state index in [4.69, 9.17) is 39.0 Å². The molecule has 0 aromatic carbocycles. The molecule has 7 rings (SSSR count). The zero-order valence-corrected chi connectivity index (χ0v) is 24.4. The second-order valence-electron chi connectivity index (χ2n) is 10.2. The Bertz CT molecular complexity index is 1910. The molecule has 4 aromatic rings. The molecule has 3 saturated heterocycles. The van der Waals surface area contributed by atoms with Gasteiger partial charge in [-0.15, -0.1) is 0 Å². The third kappa shape index (κ3) is 5.31. The van der Waals surface area contributed by atoms with Gasteiger partial charge in [0.25, 0.3) is 26.8 Å². The van der Waals surface area contributed by atoms with Crippen LogP contribution in [-0.4, -0.2) is 89.0 Å².